The number of pyridine rings is 1. The zero-order valence-corrected chi connectivity index (χ0v) is 10.7. The number of hydrogen-bond acceptors (Lipinski definition) is 4. The fourth-order valence-corrected chi connectivity index (χ4v) is 2.38. The molecule has 0 aromatic carbocycles. The Morgan fingerprint density at radius 3 is 2.94 bits per heavy atom. The first-order chi connectivity index (χ1) is 8.66. The third kappa shape index (κ3) is 3.20. The second-order valence-electron chi connectivity index (χ2n) is 4.67. The SMILES string of the molecule is Cc1cnccc1N1CCCN(CC(=O)O)CC1. The number of aromatic nitrogens is 1. The van der Waals surface area contributed by atoms with Gasteiger partial charge >= 0.3 is 5.97 Å². The number of hydrogen-bond donors (Lipinski definition) is 1. The number of carboxylic acid groups (broad SMARTS) is 1. The first kappa shape index (κ1) is 12.8. The van der Waals surface area contributed by atoms with Crippen LogP contribution in [0.15, 0.2) is 18.5 Å². The van der Waals surface area contributed by atoms with E-state index in [1.54, 1.807) is 0 Å². The molecule has 0 saturated carbocycles. The lowest BCUT2D eigenvalue weighted by atomic mass is 10.2. The molecule has 0 spiro atoms. The molecule has 0 amide bonds. The molecule has 0 radical (unpaired) electrons. The molecule has 1 saturated heterocycles. The van der Waals surface area contributed by atoms with Gasteiger partial charge in [-0.1, -0.05) is 0 Å². The van der Waals surface area contributed by atoms with E-state index in [1.807, 2.05) is 23.4 Å². The van der Waals surface area contributed by atoms with Crippen molar-refractivity contribution in [3.8, 4) is 0 Å². The minimum atomic E-state index is -0.747. The molecule has 1 aromatic heterocycles. The highest BCUT2D eigenvalue weighted by Gasteiger charge is 2.17. The third-order valence-electron chi connectivity index (χ3n) is 3.28. The van der Waals surface area contributed by atoms with Crippen molar-refractivity contribution < 1.29 is 9.90 Å². The van der Waals surface area contributed by atoms with Crippen LogP contribution in [0.3, 0.4) is 0 Å². The summed E-state index contributed by atoms with van der Waals surface area (Å²) in [4.78, 5) is 19.1. The Balaban J connectivity index is 2.01. The summed E-state index contributed by atoms with van der Waals surface area (Å²) < 4.78 is 0. The number of anilines is 1. The van der Waals surface area contributed by atoms with Crippen LogP contribution in [0.1, 0.15) is 12.0 Å². The summed E-state index contributed by atoms with van der Waals surface area (Å²) in [7, 11) is 0. The number of carboxylic acids is 1. The summed E-state index contributed by atoms with van der Waals surface area (Å²) in [5, 5.41) is 8.82. The molecule has 0 atom stereocenters. The summed E-state index contributed by atoms with van der Waals surface area (Å²) in [6.45, 7) is 5.70. The monoisotopic (exact) mass is 249 g/mol. The van der Waals surface area contributed by atoms with Gasteiger partial charge in [0.25, 0.3) is 0 Å². The van der Waals surface area contributed by atoms with Crippen molar-refractivity contribution in [3.05, 3.63) is 24.0 Å². The smallest absolute Gasteiger partial charge is 0.317 e. The number of aryl methyl sites for hydroxylation is 1. The Labute approximate surface area is 107 Å². The number of rotatable bonds is 3. The lowest BCUT2D eigenvalue weighted by molar-refractivity contribution is -0.138. The van der Waals surface area contributed by atoms with Gasteiger partial charge in [-0.2, -0.15) is 0 Å². The molecule has 1 fully saturated rings. The van der Waals surface area contributed by atoms with E-state index in [0.29, 0.717) is 0 Å². The summed E-state index contributed by atoms with van der Waals surface area (Å²) in [6, 6.07) is 2.03. The standard InChI is InChI=1S/C13H19N3O2/c1-11-9-14-4-3-12(11)16-6-2-5-15(7-8-16)10-13(17)18/h3-4,9H,2,5-8,10H2,1H3,(H,17,18). The highest BCUT2D eigenvalue weighted by Crippen LogP contribution is 2.19. The molecule has 1 aliphatic heterocycles. The van der Waals surface area contributed by atoms with Crippen molar-refractivity contribution in [2.45, 2.75) is 13.3 Å². The molecule has 0 bridgehead atoms. The van der Waals surface area contributed by atoms with Gasteiger partial charge in [0, 0.05) is 44.3 Å². The van der Waals surface area contributed by atoms with Gasteiger partial charge in [0.15, 0.2) is 0 Å². The van der Waals surface area contributed by atoms with E-state index in [2.05, 4.69) is 16.8 Å². The molecule has 2 heterocycles. The Bertz CT molecular complexity index is 422. The van der Waals surface area contributed by atoms with Crippen LogP contribution in [0, 0.1) is 6.92 Å². The van der Waals surface area contributed by atoms with E-state index >= 15 is 0 Å². The van der Waals surface area contributed by atoms with Gasteiger partial charge in [0.2, 0.25) is 0 Å². The average Bonchev–Trinajstić information content (AvgIpc) is 2.55. The van der Waals surface area contributed by atoms with E-state index in [-0.39, 0.29) is 6.54 Å². The second-order valence-corrected chi connectivity index (χ2v) is 4.67. The van der Waals surface area contributed by atoms with Crippen LogP contribution in [0.25, 0.3) is 0 Å². The van der Waals surface area contributed by atoms with E-state index in [0.717, 1.165) is 32.6 Å². The largest absolute Gasteiger partial charge is 0.480 e. The highest BCUT2D eigenvalue weighted by atomic mass is 16.4. The lowest BCUT2D eigenvalue weighted by Crippen LogP contribution is -2.34. The fourth-order valence-electron chi connectivity index (χ4n) is 2.38. The molecule has 5 nitrogen and oxygen atoms in total. The number of carbonyl (C=O) groups is 1. The molecule has 1 aliphatic rings. The quantitative estimate of drug-likeness (QED) is 0.865. The van der Waals surface area contributed by atoms with Crippen LogP contribution in [0.2, 0.25) is 0 Å². The van der Waals surface area contributed by atoms with E-state index < -0.39 is 5.97 Å². The lowest BCUT2D eigenvalue weighted by Gasteiger charge is -2.24. The maximum Gasteiger partial charge on any atom is 0.317 e. The number of nitrogens with zero attached hydrogens (tertiary/aromatic N) is 3. The zero-order chi connectivity index (χ0) is 13.0. The molecular weight excluding hydrogens is 230 g/mol. The van der Waals surface area contributed by atoms with Gasteiger partial charge in [0.05, 0.1) is 6.54 Å². The number of aliphatic carboxylic acids is 1. The Morgan fingerprint density at radius 1 is 1.39 bits per heavy atom. The molecule has 5 heteroatoms. The summed E-state index contributed by atoms with van der Waals surface area (Å²) >= 11 is 0. The van der Waals surface area contributed by atoms with Crippen molar-refractivity contribution in [3.63, 3.8) is 0 Å². The molecule has 1 N–H and O–H groups in total. The van der Waals surface area contributed by atoms with Gasteiger partial charge in [0.1, 0.15) is 0 Å². The maximum atomic E-state index is 10.7. The molecule has 1 aromatic rings. The van der Waals surface area contributed by atoms with Crippen molar-refractivity contribution in [1.82, 2.24) is 9.88 Å². The first-order valence-corrected chi connectivity index (χ1v) is 6.26. The van der Waals surface area contributed by atoms with Crippen LogP contribution in [0.4, 0.5) is 5.69 Å². The molecule has 98 valence electrons. The van der Waals surface area contributed by atoms with Gasteiger partial charge in [-0.05, 0) is 25.0 Å². The van der Waals surface area contributed by atoms with Crippen molar-refractivity contribution in [2.75, 3.05) is 37.6 Å². The van der Waals surface area contributed by atoms with Crippen molar-refractivity contribution in [1.29, 1.82) is 0 Å². The highest BCUT2D eigenvalue weighted by molar-refractivity contribution is 5.69. The molecule has 2 rings (SSSR count). The topological polar surface area (TPSA) is 56.7 Å². The van der Waals surface area contributed by atoms with Crippen LogP contribution in [0.5, 0.6) is 0 Å². The van der Waals surface area contributed by atoms with E-state index in [9.17, 15) is 4.79 Å². The predicted octanol–water partition coefficient (Wildman–Crippen LogP) is 0.987. The minimum absolute atomic E-state index is 0.142. The van der Waals surface area contributed by atoms with Gasteiger partial charge in [-0.25, -0.2) is 0 Å². The predicted molar refractivity (Wildman–Crippen MR) is 69.9 cm³/mol. The first-order valence-electron chi connectivity index (χ1n) is 6.26. The fraction of sp³-hybridized carbons (Fsp3) is 0.538. The van der Waals surface area contributed by atoms with Crippen molar-refractivity contribution in [2.24, 2.45) is 0 Å². The van der Waals surface area contributed by atoms with Crippen LogP contribution < -0.4 is 4.90 Å². The molecule has 0 aliphatic carbocycles. The van der Waals surface area contributed by atoms with Gasteiger partial charge < -0.3 is 10.0 Å². The Kier molecular flexibility index (Phi) is 4.15. The summed E-state index contributed by atoms with van der Waals surface area (Å²) in [5.41, 5.74) is 2.38. The summed E-state index contributed by atoms with van der Waals surface area (Å²) in [5.74, 6) is -0.747. The Hall–Kier alpha value is -1.62. The molecule has 18 heavy (non-hydrogen) atoms. The molecule has 0 unspecified atom stereocenters. The molecular formula is C13H19N3O2. The van der Waals surface area contributed by atoms with Crippen LogP contribution in [-0.4, -0.2) is 53.7 Å². The summed E-state index contributed by atoms with van der Waals surface area (Å²) in [6.07, 6.45) is 4.67. The van der Waals surface area contributed by atoms with Crippen LogP contribution in [-0.2, 0) is 4.79 Å². The maximum absolute atomic E-state index is 10.7. The minimum Gasteiger partial charge on any atom is -0.480 e. The normalized spacial score (nSPS) is 17.5. The Morgan fingerprint density at radius 2 is 2.22 bits per heavy atom. The zero-order valence-electron chi connectivity index (χ0n) is 10.7. The van der Waals surface area contributed by atoms with Crippen LogP contribution >= 0.6 is 0 Å². The van der Waals surface area contributed by atoms with Crippen molar-refractivity contribution >= 4 is 11.7 Å². The van der Waals surface area contributed by atoms with Gasteiger partial charge in [-0.15, -0.1) is 0 Å². The van der Waals surface area contributed by atoms with Gasteiger partial charge in [-0.3, -0.25) is 14.7 Å². The van der Waals surface area contributed by atoms with E-state index in [1.165, 1.54) is 11.3 Å². The third-order valence-corrected chi connectivity index (χ3v) is 3.28. The second kappa shape index (κ2) is 5.82. The average molecular weight is 249 g/mol. The van der Waals surface area contributed by atoms with E-state index in [4.69, 9.17) is 5.11 Å².